The van der Waals surface area contributed by atoms with Crippen LogP contribution in [-0.2, 0) is 17.6 Å². The van der Waals surface area contributed by atoms with Gasteiger partial charge < -0.3 is 14.8 Å². The second kappa shape index (κ2) is 7.79. The molecule has 0 radical (unpaired) electrons. The van der Waals surface area contributed by atoms with E-state index in [1.54, 1.807) is 12.4 Å². The first-order valence-electron chi connectivity index (χ1n) is 8.38. The molecule has 2 heterocycles. The summed E-state index contributed by atoms with van der Waals surface area (Å²) in [6, 6.07) is 9.82. The smallest absolute Gasteiger partial charge is 0.220 e. The number of amides is 1. The number of carbonyl (C=O) groups excluding carboxylic acids is 1. The molecule has 1 atom stereocenters. The number of aryl methyl sites for hydroxylation is 2. The second-order valence-electron chi connectivity index (χ2n) is 6.07. The highest BCUT2D eigenvalue weighted by atomic mass is 16.5. The number of hydrogen-bond donors (Lipinski definition) is 2. The Morgan fingerprint density at radius 1 is 1.28 bits per heavy atom. The van der Waals surface area contributed by atoms with E-state index in [4.69, 9.17) is 4.52 Å². The number of nitrogens with zero attached hydrogens (tertiary/aromatic N) is 2. The van der Waals surface area contributed by atoms with Gasteiger partial charge in [0.1, 0.15) is 11.6 Å². The maximum absolute atomic E-state index is 12.5. The number of carbonyl (C=O) groups is 1. The van der Waals surface area contributed by atoms with Crippen LogP contribution in [0.3, 0.4) is 0 Å². The van der Waals surface area contributed by atoms with E-state index in [0.717, 1.165) is 28.4 Å². The van der Waals surface area contributed by atoms with Crippen molar-refractivity contribution in [2.75, 3.05) is 0 Å². The van der Waals surface area contributed by atoms with Crippen LogP contribution < -0.4 is 5.32 Å². The molecule has 0 aliphatic rings. The van der Waals surface area contributed by atoms with Crippen molar-refractivity contribution in [2.24, 2.45) is 0 Å². The molecule has 1 amide bonds. The van der Waals surface area contributed by atoms with Crippen LogP contribution in [0.5, 0.6) is 0 Å². The molecule has 0 saturated heterocycles. The molecule has 6 nitrogen and oxygen atoms in total. The third-order valence-electron chi connectivity index (χ3n) is 4.27. The molecular weight excluding hydrogens is 316 g/mol. The number of benzene rings is 1. The third-order valence-corrected chi connectivity index (χ3v) is 4.27. The van der Waals surface area contributed by atoms with Crippen molar-refractivity contribution in [3.05, 3.63) is 71.1 Å². The summed E-state index contributed by atoms with van der Waals surface area (Å²) in [6.07, 6.45) is 5.14. The highest BCUT2D eigenvalue weighted by Crippen LogP contribution is 2.18. The molecule has 25 heavy (non-hydrogen) atoms. The minimum atomic E-state index is -0.121. The number of hydrogen-bond acceptors (Lipinski definition) is 4. The average molecular weight is 338 g/mol. The van der Waals surface area contributed by atoms with E-state index >= 15 is 0 Å². The van der Waals surface area contributed by atoms with E-state index in [9.17, 15) is 4.79 Å². The van der Waals surface area contributed by atoms with Gasteiger partial charge in [-0.1, -0.05) is 35.5 Å². The fourth-order valence-electron chi connectivity index (χ4n) is 2.90. The zero-order valence-corrected chi connectivity index (χ0v) is 14.5. The number of nitrogens with one attached hydrogen (secondary N) is 2. The van der Waals surface area contributed by atoms with E-state index in [0.29, 0.717) is 19.3 Å². The van der Waals surface area contributed by atoms with E-state index in [1.807, 2.05) is 44.2 Å². The van der Waals surface area contributed by atoms with Crippen LogP contribution in [0.2, 0.25) is 0 Å². The molecule has 2 N–H and O–H groups in total. The lowest BCUT2D eigenvalue weighted by atomic mass is 10.0. The second-order valence-corrected chi connectivity index (χ2v) is 6.07. The molecule has 0 aliphatic heterocycles. The molecule has 0 saturated carbocycles. The van der Waals surface area contributed by atoms with Crippen molar-refractivity contribution >= 4 is 5.91 Å². The number of rotatable bonds is 7. The van der Waals surface area contributed by atoms with Gasteiger partial charge in [-0.25, -0.2) is 4.98 Å². The third kappa shape index (κ3) is 4.35. The zero-order chi connectivity index (χ0) is 17.6. The highest BCUT2D eigenvalue weighted by Gasteiger charge is 2.17. The normalized spacial score (nSPS) is 12.1. The molecule has 3 aromatic rings. The van der Waals surface area contributed by atoms with Gasteiger partial charge >= 0.3 is 0 Å². The Hall–Kier alpha value is -2.89. The van der Waals surface area contributed by atoms with Crippen LogP contribution in [0.4, 0.5) is 0 Å². The summed E-state index contributed by atoms with van der Waals surface area (Å²) in [5.41, 5.74) is 2.92. The van der Waals surface area contributed by atoms with E-state index in [2.05, 4.69) is 20.4 Å². The monoisotopic (exact) mass is 338 g/mol. The van der Waals surface area contributed by atoms with E-state index in [1.165, 1.54) is 0 Å². The molecule has 1 unspecified atom stereocenters. The Kier molecular flexibility index (Phi) is 5.28. The molecule has 0 fully saturated rings. The van der Waals surface area contributed by atoms with Crippen molar-refractivity contribution in [3.63, 3.8) is 0 Å². The fourth-order valence-corrected chi connectivity index (χ4v) is 2.90. The maximum Gasteiger partial charge on any atom is 0.220 e. The molecule has 1 aromatic carbocycles. The van der Waals surface area contributed by atoms with Crippen molar-refractivity contribution in [2.45, 2.75) is 39.2 Å². The minimum Gasteiger partial charge on any atom is -0.361 e. The molecule has 0 bridgehead atoms. The van der Waals surface area contributed by atoms with Crippen LogP contribution in [0, 0.1) is 13.8 Å². The maximum atomic E-state index is 12.5. The van der Waals surface area contributed by atoms with Crippen molar-refractivity contribution < 1.29 is 9.32 Å². The Bertz CT molecular complexity index is 790. The van der Waals surface area contributed by atoms with Crippen LogP contribution in [0.1, 0.15) is 40.9 Å². The lowest BCUT2D eigenvalue weighted by molar-refractivity contribution is -0.121. The van der Waals surface area contributed by atoms with Gasteiger partial charge in [0.25, 0.3) is 0 Å². The molecule has 130 valence electrons. The first-order valence-corrected chi connectivity index (χ1v) is 8.38. The summed E-state index contributed by atoms with van der Waals surface area (Å²) < 4.78 is 5.15. The van der Waals surface area contributed by atoms with Gasteiger partial charge in [-0.05, 0) is 25.8 Å². The molecule has 0 spiro atoms. The van der Waals surface area contributed by atoms with Gasteiger partial charge in [0.2, 0.25) is 5.91 Å². The fraction of sp³-hybridized carbons (Fsp3) is 0.316. The Labute approximate surface area is 146 Å². The summed E-state index contributed by atoms with van der Waals surface area (Å²) in [7, 11) is 0. The number of aromatic amines is 1. The summed E-state index contributed by atoms with van der Waals surface area (Å²) in [4.78, 5) is 19.8. The van der Waals surface area contributed by atoms with Crippen molar-refractivity contribution in [1.82, 2.24) is 20.4 Å². The Balaban J connectivity index is 1.66. The molecule has 3 rings (SSSR count). The van der Waals surface area contributed by atoms with Crippen LogP contribution in [-0.4, -0.2) is 21.0 Å². The Morgan fingerprint density at radius 3 is 2.72 bits per heavy atom. The van der Waals surface area contributed by atoms with Gasteiger partial charge in [0.05, 0.1) is 11.7 Å². The van der Waals surface area contributed by atoms with Crippen LogP contribution in [0.25, 0.3) is 0 Å². The van der Waals surface area contributed by atoms with E-state index < -0.39 is 0 Å². The summed E-state index contributed by atoms with van der Waals surface area (Å²) >= 11 is 0. The average Bonchev–Trinajstić information content (AvgIpc) is 3.24. The number of aromatic nitrogens is 3. The summed E-state index contributed by atoms with van der Waals surface area (Å²) in [5.74, 6) is 1.63. The molecule has 0 aliphatic carbocycles. The summed E-state index contributed by atoms with van der Waals surface area (Å²) in [5, 5.41) is 7.06. The first-order chi connectivity index (χ1) is 12.1. The standard InChI is InChI=1S/C19H22N4O2/c1-13-16(14(2)25-23-13)8-9-19(24)22-17(12-18-20-10-11-21-18)15-6-4-3-5-7-15/h3-7,10-11,17H,8-9,12H2,1-2H3,(H,20,21)(H,22,24). The molecule has 2 aromatic heterocycles. The first kappa shape index (κ1) is 17.0. The number of imidazole rings is 1. The quantitative estimate of drug-likeness (QED) is 0.693. The van der Waals surface area contributed by atoms with Crippen molar-refractivity contribution in [1.29, 1.82) is 0 Å². The topological polar surface area (TPSA) is 83.8 Å². The van der Waals surface area contributed by atoms with Gasteiger partial charge in [-0.2, -0.15) is 0 Å². The Morgan fingerprint density at radius 2 is 2.08 bits per heavy atom. The van der Waals surface area contributed by atoms with Crippen molar-refractivity contribution in [3.8, 4) is 0 Å². The van der Waals surface area contributed by atoms with Gasteiger partial charge in [0, 0.05) is 30.8 Å². The van der Waals surface area contributed by atoms with Gasteiger partial charge in [0.15, 0.2) is 0 Å². The largest absolute Gasteiger partial charge is 0.361 e. The van der Waals surface area contributed by atoms with Crippen LogP contribution in [0.15, 0.2) is 47.2 Å². The molecule has 6 heteroatoms. The lowest BCUT2D eigenvalue weighted by Crippen LogP contribution is -2.30. The minimum absolute atomic E-state index is 0.000379. The molecular formula is C19H22N4O2. The predicted molar refractivity (Wildman–Crippen MR) is 93.9 cm³/mol. The number of H-pyrrole nitrogens is 1. The predicted octanol–water partition coefficient (Wildman–Crippen LogP) is 3.05. The summed E-state index contributed by atoms with van der Waals surface area (Å²) in [6.45, 7) is 3.77. The van der Waals surface area contributed by atoms with Crippen LogP contribution >= 0.6 is 0 Å². The van der Waals surface area contributed by atoms with Gasteiger partial charge in [-0.3, -0.25) is 4.79 Å². The SMILES string of the molecule is Cc1noc(C)c1CCC(=O)NC(Cc1ncc[nH]1)c1ccccc1. The highest BCUT2D eigenvalue weighted by molar-refractivity contribution is 5.76. The van der Waals surface area contributed by atoms with Gasteiger partial charge in [-0.15, -0.1) is 0 Å². The lowest BCUT2D eigenvalue weighted by Gasteiger charge is -2.18. The zero-order valence-electron chi connectivity index (χ0n) is 14.5. The van der Waals surface area contributed by atoms with E-state index in [-0.39, 0.29) is 11.9 Å².